The average molecular weight is 440 g/mol. The number of rotatable bonds is 5. The highest BCUT2D eigenvalue weighted by molar-refractivity contribution is 7.89. The van der Waals surface area contributed by atoms with Gasteiger partial charge in [-0.2, -0.15) is 0 Å². The van der Waals surface area contributed by atoms with Gasteiger partial charge in [0, 0.05) is 24.3 Å². The van der Waals surface area contributed by atoms with Crippen LogP contribution in [-0.2, 0) is 23.5 Å². The topological polar surface area (TPSA) is 73.1 Å². The zero-order valence-electron chi connectivity index (χ0n) is 18.4. The van der Waals surface area contributed by atoms with Gasteiger partial charge in [-0.05, 0) is 67.5 Å². The van der Waals surface area contributed by atoms with Gasteiger partial charge in [-0.15, -0.1) is 0 Å². The highest BCUT2D eigenvalue weighted by Crippen LogP contribution is 2.31. The van der Waals surface area contributed by atoms with Crippen molar-refractivity contribution in [1.82, 2.24) is 14.1 Å². The molecule has 1 N–H and O–H groups in total. The van der Waals surface area contributed by atoms with Gasteiger partial charge in [0.05, 0.1) is 10.6 Å². The Balaban J connectivity index is 1.64. The lowest BCUT2D eigenvalue weighted by Crippen LogP contribution is -2.31. The van der Waals surface area contributed by atoms with E-state index in [4.69, 9.17) is 0 Å². The van der Waals surface area contributed by atoms with Crippen LogP contribution in [0.4, 0.5) is 0 Å². The summed E-state index contributed by atoms with van der Waals surface area (Å²) in [6, 6.07) is 14.3. The van der Waals surface area contributed by atoms with E-state index in [0.717, 1.165) is 36.1 Å². The molecule has 0 saturated carbocycles. The Morgan fingerprint density at radius 2 is 1.74 bits per heavy atom. The summed E-state index contributed by atoms with van der Waals surface area (Å²) >= 11 is 0. The van der Waals surface area contributed by atoms with Crippen molar-refractivity contribution < 1.29 is 8.42 Å². The molecule has 0 unspecified atom stereocenters. The Bertz CT molecular complexity index is 1270. The molecular formula is C24H29N3O3S. The molecule has 0 amide bonds. The van der Waals surface area contributed by atoms with Crippen molar-refractivity contribution in [3.8, 4) is 5.69 Å². The second kappa shape index (κ2) is 8.13. The van der Waals surface area contributed by atoms with Crippen LogP contribution in [0.1, 0.15) is 61.0 Å². The summed E-state index contributed by atoms with van der Waals surface area (Å²) < 4.78 is 32.4. The van der Waals surface area contributed by atoms with Crippen molar-refractivity contribution in [2.75, 3.05) is 0 Å². The Morgan fingerprint density at radius 3 is 2.39 bits per heavy atom. The normalized spacial score (nSPS) is 16.5. The first-order valence-electron chi connectivity index (χ1n) is 10.7. The smallest absolute Gasteiger partial charge is 0.275 e. The van der Waals surface area contributed by atoms with Gasteiger partial charge in [-0.3, -0.25) is 9.48 Å². The van der Waals surface area contributed by atoms with Crippen LogP contribution in [0.3, 0.4) is 0 Å². The van der Waals surface area contributed by atoms with Gasteiger partial charge in [0.1, 0.15) is 0 Å². The molecule has 1 aliphatic carbocycles. The van der Waals surface area contributed by atoms with Crippen LogP contribution in [-0.4, -0.2) is 17.8 Å². The quantitative estimate of drug-likeness (QED) is 0.654. The SMILES string of the molecule is Cc1c(C(C)C)c(=O)n(-c2ccc(S(=O)(=O)N[C@H]3CCCc4ccccc43)cc2)n1C. The second-order valence-corrected chi connectivity index (χ2v) is 10.3. The van der Waals surface area contributed by atoms with E-state index in [2.05, 4.69) is 10.8 Å². The molecule has 1 aliphatic rings. The number of hydrogen-bond donors (Lipinski definition) is 1. The van der Waals surface area contributed by atoms with E-state index in [1.54, 1.807) is 28.9 Å². The molecule has 0 spiro atoms. The van der Waals surface area contributed by atoms with Gasteiger partial charge in [-0.1, -0.05) is 38.1 Å². The Hall–Kier alpha value is -2.64. The molecule has 3 aromatic rings. The van der Waals surface area contributed by atoms with E-state index in [9.17, 15) is 13.2 Å². The molecule has 6 nitrogen and oxygen atoms in total. The van der Waals surface area contributed by atoms with Crippen LogP contribution in [0.15, 0.2) is 58.2 Å². The van der Waals surface area contributed by atoms with E-state index >= 15 is 0 Å². The molecule has 0 fully saturated rings. The molecule has 31 heavy (non-hydrogen) atoms. The maximum Gasteiger partial charge on any atom is 0.275 e. The lowest BCUT2D eigenvalue weighted by Gasteiger charge is -2.26. The Morgan fingerprint density at radius 1 is 1.06 bits per heavy atom. The minimum Gasteiger partial charge on any atom is -0.285 e. The van der Waals surface area contributed by atoms with E-state index < -0.39 is 10.0 Å². The largest absolute Gasteiger partial charge is 0.285 e. The van der Waals surface area contributed by atoms with Crippen molar-refractivity contribution in [3.63, 3.8) is 0 Å². The summed E-state index contributed by atoms with van der Waals surface area (Å²) in [5.74, 6) is 0.113. The van der Waals surface area contributed by atoms with E-state index in [0.29, 0.717) is 5.69 Å². The average Bonchev–Trinajstić information content (AvgIpc) is 2.96. The van der Waals surface area contributed by atoms with Crippen molar-refractivity contribution >= 4 is 10.0 Å². The Kier molecular flexibility index (Phi) is 5.66. The number of hydrogen-bond acceptors (Lipinski definition) is 3. The first-order valence-corrected chi connectivity index (χ1v) is 12.2. The number of sulfonamides is 1. The van der Waals surface area contributed by atoms with Gasteiger partial charge >= 0.3 is 0 Å². The molecule has 0 bridgehead atoms. The predicted octanol–water partition coefficient (Wildman–Crippen LogP) is 3.96. The standard InChI is InChI=1S/C24H29N3O3S/c1-16(2)23-17(3)26(4)27(24(23)28)19-12-14-20(15-13-19)31(29,30)25-22-11-7-9-18-8-5-6-10-21(18)22/h5-6,8,10,12-16,22,25H,7,9,11H2,1-4H3/t22-/m0/s1. The molecule has 1 atom stereocenters. The van der Waals surface area contributed by atoms with Crippen molar-refractivity contribution in [3.05, 3.63) is 81.3 Å². The fraction of sp³-hybridized carbons (Fsp3) is 0.375. The summed E-state index contributed by atoms with van der Waals surface area (Å²) in [5.41, 5.74) is 4.52. The number of benzene rings is 2. The van der Waals surface area contributed by atoms with Gasteiger partial charge in [0.25, 0.3) is 5.56 Å². The third-order valence-corrected chi connectivity index (χ3v) is 7.72. The van der Waals surface area contributed by atoms with Crippen molar-refractivity contribution in [2.24, 2.45) is 7.05 Å². The molecule has 0 aliphatic heterocycles. The van der Waals surface area contributed by atoms with Crippen molar-refractivity contribution in [1.29, 1.82) is 0 Å². The summed E-state index contributed by atoms with van der Waals surface area (Å²) in [7, 11) is -1.84. The third kappa shape index (κ3) is 3.88. The molecule has 0 saturated heterocycles. The lowest BCUT2D eigenvalue weighted by molar-refractivity contribution is 0.507. The molecule has 0 radical (unpaired) electrons. The number of nitrogens with one attached hydrogen (secondary N) is 1. The molecule has 2 aromatic carbocycles. The minimum absolute atomic E-state index is 0.0671. The zero-order chi connectivity index (χ0) is 22.3. The molecule has 7 heteroatoms. The molecule has 4 rings (SSSR count). The third-order valence-electron chi connectivity index (χ3n) is 6.23. The molecule has 1 aromatic heterocycles. The summed E-state index contributed by atoms with van der Waals surface area (Å²) in [6.07, 6.45) is 2.72. The predicted molar refractivity (Wildman–Crippen MR) is 122 cm³/mol. The van der Waals surface area contributed by atoms with Crippen LogP contribution in [0.25, 0.3) is 5.69 Å². The lowest BCUT2D eigenvalue weighted by atomic mass is 9.88. The minimum atomic E-state index is -3.68. The maximum absolute atomic E-state index is 13.1. The second-order valence-electron chi connectivity index (χ2n) is 8.55. The van der Waals surface area contributed by atoms with E-state index in [-0.39, 0.29) is 22.4 Å². The maximum atomic E-state index is 13.1. The highest BCUT2D eigenvalue weighted by atomic mass is 32.2. The number of fused-ring (bicyclic) bond motifs is 1. The highest BCUT2D eigenvalue weighted by Gasteiger charge is 2.26. The number of aromatic nitrogens is 2. The van der Waals surface area contributed by atoms with Crippen LogP contribution < -0.4 is 10.3 Å². The zero-order valence-corrected chi connectivity index (χ0v) is 19.2. The summed E-state index contributed by atoms with van der Waals surface area (Å²) in [4.78, 5) is 13.1. The Labute approximate surface area is 183 Å². The molecule has 1 heterocycles. The van der Waals surface area contributed by atoms with Gasteiger partial charge in [0.15, 0.2) is 0 Å². The van der Waals surface area contributed by atoms with Crippen LogP contribution >= 0.6 is 0 Å². The van der Waals surface area contributed by atoms with Crippen molar-refractivity contribution in [2.45, 2.75) is 56.9 Å². The van der Waals surface area contributed by atoms with Gasteiger partial charge in [-0.25, -0.2) is 17.8 Å². The van der Waals surface area contributed by atoms with Gasteiger partial charge < -0.3 is 0 Å². The molecular weight excluding hydrogens is 410 g/mol. The molecule has 164 valence electrons. The monoisotopic (exact) mass is 439 g/mol. The first kappa shape index (κ1) is 21.6. The summed E-state index contributed by atoms with van der Waals surface area (Å²) in [6.45, 7) is 5.93. The fourth-order valence-corrected chi connectivity index (χ4v) is 5.83. The van der Waals surface area contributed by atoms with E-state index in [1.165, 1.54) is 5.56 Å². The first-order chi connectivity index (χ1) is 14.7. The summed E-state index contributed by atoms with van der Waals surface area (Å²) in [5, 5.41) is 0. The van der Waals surface area contributed by atoms with Crippen LogP contribution in [0.2, 0.25) is 0 Å². The number of aryl methyl sites for hydroxylation is 1. The number of nitrogens with zero attached hydrogens (tertiary/aromatic N) is 2. The van der Waals surface area contributed by atoms with Crippen LogP contribution in [0.5, 0.6) is 0 Å². The van der Waals surface area contributed by atoms with E-state index in [1.807, 2.05) is 50.7 Å². The fourth-order valence-electron chi connectivity index (χ4n) is 4.58. The van der Waals surface area contributed by atoms with Crippen LogP contribution in [0, 0.1) is 6.92 Å². The van der Waals surface area contributed by atoms with Gasteiger partial charge in [0.2, 0.25) is 10.0 Å².